The molecule has 2 aliphatic carbocycles. The highest BCUT2D eigenvalue weighted by atomic mass is 79.9. The highest BCUT2D eigenvalue weighted by Crippen LogP contribution is 2.59. The fraction of sp³-hybridized carbons (Fsp3) is 0.143. The van der Waals surface area contributed by atoms with Crippen molar-refractivity contribution in [3.8, 4) is 0 Å². The second-order valence-corrected chi connectivity index (χ2v) is 10.7. The van der Waals surface area contributed by atoms with Gasteiger partial charge >= 0.3 is 0 Å². The number of benzene rings is 3. The minimum absolute atomic E-state index is 0.330. The van der Waals surface area contributed by atoms with Crippen molar-refractivity contribution in [2.24, 2.45) is 23.7 Å². The SMILES string of the molecule is O=C1[C@@H]2[C@@H](C(=O)N1c1c(F)cccc1F)[C@H]1C=C[C@H]2C1=C(c1ccc(Br)cc1)c1ccc(Br)cc1. The van der Waals surface area contributed by atoms with Crippen molar-refractivity contribution in [1.29, 1.82) is 0 Å². The molecule has 2 amide bonds. The summed E-state index contributed by atoms with van der Waals surface area (Å²) in [4.78, 5) is 27.8. The zero-order valence-electron chi connectivity index (χ0n) is 18.1. The van der Waals surface area contributed by atoms with Gasteiger partial charge in [-0.1, -0.05) is 74.3 Å². The minimum Gasteiger partial charge on any atom is -0.274 e. The lowest BCUT2D eigenvalue weighted by molar-refractivity contribution is -0.123. The van der Waals surface area contributed by atoms with Crippen LogP contribution in [0.5, 0.6) is 0 Å². The van der Waals surface area contributed by atoms with Crippen molar-refractivity contribution < 1.29 is 18.4 Å². The molecule has 1 saturated carbocycles. The van der Waals surface area contributed by atoms with Gasteiger partial charge in [-0.25, -0.2) is 13.7 Å². The molecule has 1 aliphatic heterocycles. The zero-order valence-corrected chi connectivity index (χ0v) is 21.3. The van der Waals surface area contributed by atoms with E-state index in [0.29, 0.717) is 0 Å². The summed E-state index contributed by atoms with van der Waals surface area (Å²) in [6, 6.07) is 19.2. The highest BCUT2D eigenvalue weighted by molar-refractivity contribution is 9.10. The summed E-state index contributed by atoms with van der Waals surface area (Å²) in [6.07, 6.45) is 3.93. The Morgan fingerprint density at radius 1 is 0.686 bits per heavy atom. The van der Waals surface area contributed by atoms with E-state index in [4.69, 9.17) is 0 Å². The van der Waals surface area contributed by atoms with Crippen LogP contribution in [0.2, 0.25) is 0 Å². The molecule has 0 unspecified atom stereocenters. The van der Waals surface area contributed by atoms with Gasteiger partial charge in [0.15, 0.2) is 0 Å². The third kappa shape index (κ3) is 3.39. The van der Waals surface area contributed by atoms with E-state index in [9.17, 15) is 18.4 Å². The van der Waals surface area contributed by atoms with Crippen LogP contribution in [0.1, 0.15) is 11.1 Å². The van der Waals surface area contributed by atoms with Gasteiger partial charge in [-0.3, -0.25) is 9.59 Å². The molecule has 0 N–H and O–H groups in total. The molecule has 0 aromatic heterocycles. The van der Waals surface area contributed by atoms with Gasteiger partial charge in [0, 0.05) is 20.8 Å². The molecule has 174 valence electrons. The van der Waals surface area contributed by atoms with E-state index < -0.39 is 41.0 Å². The number of nitrogens with zero attached hydrogens (tertiary/aromatic N) is 1. The van der Waals surface area contributed by atoms with Gasteiger partial charge in [-0.15, -0.1) is 0 Å². The first kappa shape index (κ1) is 22.6. The maximum Gasteiger partial charge on any atom is 0.238 e. The number of imide groups is 1. The van der Waals surface area contributed by atoms with Crippen LogP contribution in [0.25, 0.3) is 5.57 Å². The fourth-order valence-electron chi connectivity index (χ4n) is 5.75. The minimum atomic E-state index is -0.923. The van der Waals surface area contributed by atoms with Crippen LogP contribution in [-0.2, 0) is 9.59 Å². The van der Waals surface area contributed by atoms with Crippen LogP contribution in [0.4, 0.5) is 14.5 Å². The first-order valence-corrected chi connectivity index (χ1v) is 12.7. The van der Waals surface area contributed by atoms with Crippen molar-refractivity contribution in [3.05, 3.63) is 116 Å². The van der Waals surface area contributed by atoms with Crippen LogP contribution >= 0.6 is 31.9 Å². The molecule has 0 radical (unpaired) electrons. The van der Waals surface area contributed by atoms with Gasteiger partial charge in [0.25, 0.3) is 0 Å². The van der Waals surface area contributed by atoms with Crippen molar-refractivity contribution in [1.82, 2.24) is 0 Å². The van der Waals surface area contributed by atoms with E-state index >= 15 is 0 Å². The monoisotopic (exact) mass is 595 g/mol. The summed E-state index contributed by atoms with van der Waals surface area (Å²) in [6.45, 7) is 0. The standard InChI is InChI=1S/C28H17Br2F2NO2/c29-16-8-4-14(5-9-16)22(15-6-10-17(30)11-7-15)23-18-12-13-19(23)25-24(18)27(34)33(28(25)35)26-20(31)2-1-3-21(26)32/h1-13,18-19,24-25H/t18-,19-,24-,25-/m0/s1. The van der Waals surface area contributed by atoms with Gasteiger partial charge < -0.3 is 0 Å². The zero-order chi connectivity index (χ0) is 24.4. The number of hydrogen-bond donors (Lipinski definition) is 0. The third-order valence-corrected chi connectivity index (χ3v) is 8.19. The van der Waals surface area contributed by atoms with Gasteiger partial charge in [0.1, 0.15) is 17.3 Å². The number of rotatable bonds is 3. The summed E-state index contributed by atoms with van der Waals surface area (Å²) >= 11 is 6.97. The Morgan fingerprint density at radius 3 is 1.54 bits per heavy atom. The molecule has 3 aromatic rings. The van der Waals surface area contributed by atoms with Crippen LogP contribution in [0.3, 0.4) is 0 Å². The van der Waals surface area contributed by atoms with E-state index in [1.165, 1.54) is 6.07 Å². The Morgan fingerprint density at radius 2 is 1.11 bits per heavy atom. The lowest BCUT2D eigenvalue weighted by Crippen LogP contribution is -2.34. The van der Waals surface area contributed by atoms with Crippen molar-refractivity contribution in [3.63, 3.8) is 0 Å². The second-order valence-electron chi connectivity index (χ2n) is 8.91. The fourth-order valence-corrected chi connectivity index (χ4v) is 6.28. The van der Waals surface area contributed by atoms with E-state index in [-0.39, 0.29) is 11.8 Å². The average Bonchev–Trinajstić information content (AvgIpc) is 3.47. The van der Waals surface area contributed by atoms with Crippen molar-refractivity contribution in [2.45, 2.75) is 0 Å². The Kier molecular flexibility index (Phi) is 5.38. The summed E-state index contributed by atoms with van der Waals surface area (Å²) < 4.78 is 30.9. The molecule has 3 nitrogen and oxygen atoms in total. The summed E-state index contributed by atoms with van der Waals surface area (Å²) in [5.74, 6) is -4.98. The molecule has 2 fully saturated rings. The van der Waals surface area contributed by atoms with Gasteiger partial charge in [-0.2, -0.15) is 0 Å². The molecule has 7 heteroatoms. The van der Waals surface area contributed by atoms with Crippen LogP contribution in [0, 0.1) is 35.3 Å². The Hall–Kier alpha value is -2.90. The highest BCUT2D eigenvalue weighted by Gasteiger charge is 2.63. The summed E-state index contributed by atoms with van der Waals surface area (Å²) in [7, 11) is 0. The first-order valence-electron chi connectivity index (χ1n) is 11.1. The van der Waals surface area contributed by atoms with Crippen LogP contribution < -0.4 is 4.90 Å². The molecule has 3 aliphatic rings. The molecule has 3 aromatic carbocycles. The van der Waals surface area contributed by atoms with Gasteiger partial charge in [0.2, 0.25) is 11.8 Å². The predicted octanol–water partition coefficient (Wildman–Crippen LogP) is 6.91. The molecule has 6 rings (SSSR count). The number of fused-ring (bicyclic) bond motifs is 5. The molecule has 0 spiro atoms. The van der Waals surface area contributed by atoms with Gasteiger partial charge in [-0.05, 0) is 58.7 Å². The van der Waals surface area contributed by atoms with E-state index in [1.807, 2.05) is 60.7 Å². The maximum atomic E-state index is 14.5. The lowest BCUT2D eigenvalue weighted by atomic mass is 9.85. The largest absolute Gasteiger partial charge is 0.274 e. The third-order valence-electron chi connectivity index (χ3n) is 7.13. The number of carbonyl (C=O) groups is 2. The number of allylic oxidation sites excluding steroid dienone is 3. The van der Waals surface area contributed by atoms with Crippen molar-refractivity contribution in [2.75, 3.05) is 4.90 Å². The Balaban J connectivity index is 1.50. The number of carbonyl (C=O) groups excluding carboxylic acids is 2. The summed E-state index contributed by atoms with van der Waals surface area (Å²) in [5, 5.41) is 0. The second kappa shape index (κ2) is 8.35. The molecular formula is C28H17Br2F2NO2. The molecule has 35 heavy (non-hydrogen) atoms. The van der Waals surface area contributed by atoms with E-state index in [2.05, 4.69) is 31.9 Å². The van der Waals surface area contributed by atoms with Crippen molar-refractivity contribution >= 4 is 54.9 Å². The Labute approximate surface area is 217 Å². The normalized spacial score (nSPS) is 24.5. The number of hydrogen-bond acceptors (Lipinski definition) is 2. The topological polar surface area (TPSA) is 37.4 Å². The van der Waals surface area contributed by atoms with Gasteiger partial charge in [0.05, 0.1) is 11.8 Å². The first-order chi connectivity index (χ1) is 16.9. The van der Waals surface area contributed by atoms with Crippen LogP contribution in [-0.4, -0.2) is 11.8 Å². The van der Waals surface area contributed by atoms with E-state index in [0.717, 1.165) is 48.3 Å². The van der Waals surface area contributed by atoms with E-state index in [1.54, 1.807) is 0 Å². The number of halogens is 4. The molecule has 2 bridgehead atoms. The molecule has 1 heterocycles. The van der Waals surface area contributed by atoms with Crippen LogP contribution in [0.15, 0.2) is 93.4 Å². The molecule has 4 atom stereocenters. The quantitative estimate of drug-likeness (QED) is 0.243. The average molecular weight is 597 g/mol. The number of para-hydroxylation sites is 1. The Bertz CT molecular complexity index is 1350. The molecular weight excluding hydrogens is 580 g/mol. The maximum absolute atomic E-state index is 14.5. The molecule has 1 saturated heterocycles. The summed E-state index contributed by atoms with van der Waals surface area (Å²) in [5.41, 5.74) is 3.34. The smallest absolute Gasteiger partial charge is 0.238 e. The predicted molar refractivity (Wildman–Crippen MR) is 136 cm³/mol. The lowest BCUT2D eigenvalue weighted by Gasteiger charge is -2.22. The number of anilines is 1. The number of amides is 2.